The Bertz CT molecular complexity index is 712. The first-order valence-electron chi connectivity index (χ1n) is 8.26. The molecule has 2 aromatic carbocycles. The third-order valence-electron chi connectivity index (χ3n) is 4.91. The number of halogens is 1. The molecule has 0 radical (unpaired) electrons. The Hall–Kier alpha value is -2.00. The Balaban J connectivity index is 0.00000208. The van der Waals surface area contributed by atoms with E-state index in [1.165, 1.54) is 16.7 Å². The molecule has 0 saturated carbocycles. The van der Waals surface area contributed by atoms with Gasteiger partial charge in [0, 0.05) is 12.2 Å². The highest BCUT2D eigenvalue weighted by molar-refractivity contribution is 5.85. The molecule has 0 spiro atoms. The Kier molecular flexibility index (Phi) is 5.89. The van der Waals surface area contributed by atoms with Gasteiger partial charge in [0.05, 0.1) is 12.5 Å². The lowest BCUT2D eigenvalue weighted by Crippen LogP contribution is -2.32. The first-order valence-corrected chi connectivity index (χ1v) is 8.26. The molecule has 1 aliphatic heterocycles. The molecule has 24 heavy (non-hydrogen) atoms. The van der Waals surface area contributed by atoms with Crippen molar-refractivity contribution >= 4 is 24.0 Å². The second-order valence-electron chi connectivity index (χ2n) is 6.45. The number of carbonyl (C=O) groups excluding carboxylic acids is 1. The summed E-state index contributed by atoms with van der Waals surface area (Å²) in [6, 6.07) is 14.2. The maximum absolute atomic E-state index is 12.8. The predicted molar refractivity (Wildman–Crippen MR) is 101 cm³/mol. The zero-order valence-electron chi connectivity index (χ0n) is 14.3. The number of anilines is 1. The summed E-state index contributed by atoms with van der Waals surface area (Å²) in [5, 5.41) is 0. The molecule has 1 amide bonds. The number of nitrogens with two attached hydrogens (primary N) is 1. The topological polar surface area (TPSA) is 46.3 Å². The van der Waals surface area contributed by atoms with Crippen molar-refractivity contribution in [1.82, 2.24) is 4.90 Å². The maximum atomic E-state index is 12.8. The van der Waals surface area contributed by atoms with Crippen molar-refractivity contribution in [2.45, 2.75) is 39.2 Å². The molecule has 1 atom stereocenters. The molecule has 3 nitrogen and oxygen atoms in total. The molecule has 1 saturated heterocycles. The summed E-state index contributed by atoms with van der Waals surface area (Å²) in [7, 11) is 0. The van der Waals surface area contributed by atoms with Crippen LogP contribution in [-0.4, -0.2) is 17.4 Å². The summed E-state index contributed by atoms with van der Waals surface area (Å²) in [4.78, 5) is 14.8. The molecule has 1 heterocycles. The summed E-state index contributed by atoms with van der Waals surface area (Å²) in [6.07, 6.45) is 2.57. The number of nitrogen functional groups attached to an aromatic ring is 1. The zero-order chi connectivity index (χ0) is 16.4. The van der Waals surface area contributed by atoms with Crippen molar-refractivity contribution in [1.29, 1.82) is 0 Å². The first-order chi connectivity index (χ1) is 11.1. The minimum atomic E-state index is 0. The molecule has 1 fully saturated rings. The van der Waals surface area contributed by atoms with Crippen LogP contribution in [0.3, 0.4) is 0 Å². The molecule has 128 valence electrons. The summed E-state index contributed by atoms with van der Waals surface area (Å²) < 4.78 is 0. The number of hydrogen-bond donors (Lipinski definition) is 1. The Morgan fingerprint density at radius 2 is 1.88 bits per heavy atom. The van der Waals surface area contributed by atoms with Crippen molar-refractivity contribution < 1.29 is 4.79 Å². The highest BCUT2D eigenvalue weighted by atomic mass is 35.5. The van der Waals surface area contributed by atoms with Gasteiger partial charge in [-0.25, -0.2) is 0 Å². The van der Waals surface area contributed by atoms with Crippen molar-refractivity contribution in [2.24, 2.45) is 0 Å². The lowest BCUT2D eigenvalue weighted by Gasteiger charge is -2.27. The third kappa shape index (κ3) is 3.73. The number of amides is 1. The minimum Gasteiger partial charge on any atom is -0.399 e. The smallest absolute Gasteiger partial charge is 0.227 e. The van der Waals surface area contributed by atoms with Gasteiger partial charge in [-0.1, -0.05) is 30.3 Å². The number of rotatable bonds is 3. The lowest BCUT2D eigenvalue weighted by molar-refractivity contribution is -0.131. The molecule has 3 rings (SSSR count). The fourth-order valence-electron chi connectivity index (χ4n) is 3.43. The van der Waals surface area contributed by atoms with Crippen LogP contribution < -0.4 is 5.73 Å². The number of carbonyl (C=O) groups is 1. The largest absolute Gasteiger partial charge is 0.399 e. The van der Waals surface area contributed by atoms with E-state index in [0.29, 0.717) is 6.42 Å². The van der Waals surface area contributed by atoms with Crippen molar-refractivity contribution in [3.05, 3.63) is 64.7 Å². The second kappa shape index (κ2) is 7.71. The molecule has 1 aliphatic rings. The van der Waals surface area contributed by atoms with E-state index in [1.807, 2.05) is 24.3 Å². The fourth-order valence-corrected chi connectivity index (χ4v) is 3.43. The van der Waals surface area contributed by atoms with Crippen LogP contribution in [-0.2, 0) is 11.2 Å². The summed E-state index contributed by atoms with van der Waals surface area (Å²) in [6.45, 7) is 5.14. The van der Waals surface area contributed by atoms with E-state index in [0.717, 1.165) is 30.6 Å². The average molecular weight is 345 g/mol. The van der Waals surface area contributed by atoms with Crippen molar-refractivity contribution in [3.63, 3.8) is 0 Å². The van der Waals surface area contributed by atoms with Gasteiger partial charge in [0.15, 0.2) is 0 Å². The molecular weight excluding hydrogens is 320 g/mol. The zero-order valence-corrected chi connectivity index (χ0v) is 15.1. The van der Waals surface area contributed by atoms with Gasteiger partial charge in [0.2, 0.25) is 5.91 Å². The van der Waals surface area contributed by atoms with E-state index in [1.54, 1.807) is 0 Å². The van der Waals surface area contributed by atoms with Crippen LogP contribution in [0.2, 0.25) is 0 Å². The van der Waals surface area contributed by atoms with Crippen molar-refractivity contribution in [2.75, 3.05) is 12.3 Å². The first kappa shape index (κ1) is 18.3. The van der Waals surface area contributed by atoms with E-state index in [9.17, 15) is 4.79 Å². The molecular formula is C20H25ClN2O. The highest BCUT2D eigenvalue weighted by Gasteiger charge is 2.30. The summed E-state index contributed by atoms with van der Waals surface area (Å²) in [5.41, 5.74) is 11.4. The number of hydrogen-bond acceptors (Lipinski definition) is 2. The van der Waals surface area contributed by atoms with Gasteiger partial charge in [-0.15, -0.1) is 12.4 Å². The van der Waals surface area contributed by atoms with Crippen LogP contribution >= 0.6 is 12.4 Å². The van der Waals surface area contributed by atoms with Crippen LogP contribution in [0.1, 0.15) is 41.1 Å². The van der Waals surface area contributed by atoms with Gasteiger partial charge < -0.3 is 10.6 Å². The monoisotopic (exact) mass is 344 g/mol. The van der Waals surface area contributed by atoms with Gasteiger partial charge in [0.25, 0.3) is 0 Å². The normalized spacial score (nSPS) is 16.8. The van der Waals surface area contributed by atoms with Gasteiger partial charge in [-0.2, -0.15) is 0 Å². The van der Waals surface area contributed by atoms with Crippen molar-refractivity contribution in [3.8, 4) is 0 Å². The number of nitrogens with zero attached hydrogens (tertiary/aromatic N) is 1. The summed E-state index contributed by atoms with van der Waals surface area (Å²) >= 11 is 0. The highest BCUT2D eigenvalue weighted by Crippen LogP contribution is 2.34. The van der Waals surface area contributed by atoms with Gasteiger partial charge >= 0.3 is 0 Å². The minimum absolute atomic E-state index is 0. The predicted octanol–water partition coefficient (Wildman–Crippen LogP) is 4.21. The number of benzene rings is 2. The Morgan fingerprint density at radius 1 is 1.17 bits per heavy atom. The second-order valence-corrected chi connectivity index (χ2v) is 6.45. The van der Waals surface area contributed by atoms with E-state index >= 15 is 0 Å². The Labute approximate surface area is 150 Å². The van der Waals surface area contributed by atoms with E-state index in [2.05, 4.69) is 36.9 Å². The van der Waals surface area contributed by atoms with Crippen LogP contribution in [0.25, 0.3) is 0 Å². The van der Waals surface area contributed by atoms with Crippen LogP contribution in [0, 0.1) is 13.8 Å². The quantitative estimate of drug-likeness (QED) is 0.847. The molecule has 4 heteroatoms. The summed E-state index contributed by atoms with van der Waals surface area (Å²) in [5.74, 6) is 0.207. The van der Waals surface area contributed by atoms with Gasteiger partial charge in [-0.3, -0.25) is 4.79 Å². The number of likely N-dealkylation sites (tertiary alicyclic amines) is 1. The molecule has 0 bridgehead atoms. The molecule has 2 N–H and O–H groups in total. The van der Waals surface area contributed by atoms with Crippen LogP contribution in [0.5, 0.6) is 0 Å². The van der Waals surface area contributed by atoms with Gasteiger partial charge in [-0.05, 0) is 61.1 Å². The fraction of sp³-hybridized carbons (Fsp3) is 0.350. The van der Waals surface area contributed by atoms with E-state index < -0.39 is 0 Å². The molecule has 0 aliphatic carbocycles. The SMILES string of the molecule is Cc1cccc(C2CCCN2C(=O)Cc2ccc(N)cc2)c1C.Cl. The van der Waals surface area contributed by atoms with Crippen LogP contribution in [0.15, 0.2) is 42.5 Å². The molecule has 1 unspecified atom stereocenters. The number of aryl methyl sites for hydroxylation is 1. The molecule has 0 aromatic heterocycles. The third-order valence-corrected chi connectivity index (χ3v) is 4.91. The lowest BCUT2D eigenvalue weighted by atomic mass is 9.95. The molecule has 2 aromatic rings. The Morgan fingerprint density at radius 3 is 2.58 bits per heavy atom. The van der Waals surface area contributed by atoms with E-state index in [4.69, 9.17) is 5.73 Å². The van der Waals surface area contributed by atoms with Crippen LogP contribution in [0.4, 0.5) is 5.69 Å². The maximum Gasteiger partial charge on any atom is 0.227 e. The van der Waals surface area contributed by atoms with E-state index in [-0.39, 0.29) is 24.4 Å². The van der Waals surface area contributed by atoms with Gasteiger partial charge in [0.1, 0.15) is 0 Å². The average Bonchev–Trinajstić information content (AvgIpc) is 3.02. The standard InChI is InChI=1S/C20H24N2O.ClH/c1-14-5-3-6-18(15(14)2)19-7-4-12-22(19)20(23)13-16-8-10-17(21)11-9-16;/h3,5-6,8-11,19H,4,7,12-13,21H2,1-2H3;1H.